The van der Waals surface area contributed by atoms with Crippen LogP contribution in [0, 0.1) is 11.6 Å². The molecule has 1 amide bonds. The Bertz CT molecular complexity index is 1050. The summed E-state index contributed by atoms with van der Waals surface area (Å²) in [5.74, 6) is 0.0195. The maximum absolute atomic E-state index is 14.3. The first-order chi connectivity index (χ1) is 13.5. The van der Waals surface area contributed by atoms with Crippen LogP contribution in [0.25, 0.3) is 11.4 Å². The lowest BCUT2D eigenvalue weighted by Gasteiger charge is -2.11. The maximum Gasteiger partial charge on any atom is 0.256 e. The summed E-state index contributed by atoms with van der Waals surface area (Å²) >= 11 is 3.16. The third kappa shape index (κ3) is 3.69. The van der Waals surface area contributed by atoms with E-state index in [2.05, 4.69) is 36.0 Å². The topological polar surface area (TPSA) is 59.8 Å². The molecule has 0 saturated heterocycles. The number of amides is 1. The summed E-state index contributed by atoms with van der Waals surface area (Å²) in [5.41, 5.74) is 0.919. The van der Waals surface area contributed by atoms with E-state index in [0.29, 0.717) is 15.9 Å². The van der Waals surface area contributed by atoms with Crippen molar-refractivity contribution in [2.75, 3.05) is 5.32 Å². The van der Waals surface area contributed by atoms with Crippen molar-refractivity contribution in [2.45, 2.75) is 32.2 Å². The molecule has 0 aliphatic carbocycles. The van der Waals surface area contributed by atoms with Crippen LogP contribution >= 0.6 is 15.9 Å². The molecular weight excluding hydrogens is 430 g/mol. The second kappa shape index (κ2) is 7.79. The van der Waals surface area contributed by atoms with E-state index in [0.717, 1.165) is 38.1 Å². The molecule has 0 atom stereocenters. The number of halogens is 3. The number of aromatic nitrogens is 3. The van der Waals surface area contributed by atoms with Crippen molar-refractivity contribution in [1.29, 1.82) is 0 Å². The molecular formula is C20H17BrF2N4O. The first-order valence-electron chi connectivity index (χ1n) is 9.01. The summed E-state index contributed by atoms with van der Waals surface area (Å²) in [6, 6.07) is 8.18. The fourth-order valence-electron chi connectivity index (χ4n) is 3.32. The molecule has 2 heterocycles. The molecule has 1 aliphatic heterocycles. The van der Waals surface area contributed by atoms with Crippen molar-refractivity contribution in [3.05, 3.63) is 63.9 Å². The second-order valence-corrected chi connectivity index (χ2v) is 7.53. The molecule has 0 unspecified atom stereocenters. The van der Waals surface area contributed by atoms with E-state index in [9.17, 15) is 13.6 Å². The summed E-state index contributed by atoms with van der Waals surface area (Å²) in [6.07, 6.45) is 4.13. The second-order valence-electron chi connectivity index (χ2n) is 6.68. The van der Waals surface area contributed by atoms with Gasteiger partial charge in [0.1, 0.15) is 17.5 Å². The minimum atomic E-state index is -0.564. The zero-order valence-corrected chi connectivity index (χ0v) is 16.5. The van der Waals surface area contributed by atoms with Gasteiger partial charge in [0.15, 0.2) is 5.82 Å². The first-order valence-corrected chi connectivity index (χ1v) is 9.80. The number of aryl methyl sites for hydroxylation is 1. The molecule has 0 fully saturated rings. The Labute approximate surface area is 168 Å². The Kier molecular flexibility index (Phi) is 5.21. The van der Waals surface area contributed by atoms with Crippen molar-refractivity contribution in [3.8, 4) is 11.4 Å². The van der Waals surface area contributed by atoms with Gasteiger partial charge in [-0.3, -0.25) is 4.79 Å². The Morgan fingerprint density at radius 3 is 2.75 bits per heavy atom. The number of carbonyl (C=O) groups excluding carboxylic acids is 1. The van der Waals surface area contributed by atoms with Crippen molar-refractivity contribution in [1.82, 2.24) is 14.8 Å². The minimum absolute atomic E-state index is 0.0321. The lowest BCUT2D eigenvalue weighted by molar-refractivity contribution is 0.102. The highest BCUT2D eigenvalue weighted by Crippen LogP contribution is 2.27. The van der Waals surface area contributed by atoms with Crippen LogP contribution in [0.15, 0.2) is 40.9 Å². The van der Waals surface area contributed by atoms with Gasteiger partial charge in [0, 0.05) is 23.0 Å². The molecule has 0 spiro atoms. The number of nitrogens with zero attached hydrogens (tertiary/aromatic N) is 3. The Morgan fingerprint density at radius 1 is 1.07 bits per heavy atom. The van der Waals surface area contributed by atoms with E-state index < -0.39 is 17.5 Å². The average molecular weight is 447 g/mol. The van der Waals surface area contributed by atoms with Crippen LogP contribution in [-0.2, 0) is 13.0 Å². The Morgan fingerprint density at radius 2 is 1.93 bits per heavy atom. The minimum Gasteiger partial charge on any atom is -0.319 e. The standard InChI is InChI=1S/C20H17BrF2N4O/c21-15-11-13(22)6-7-14(15)20(28)24-17-10-12(5-8-16(17)23)19-26-25-18-4-2-1-3-9-27(18)19/h5-8,10-11H,1-4,9H2,(H,24,28). The van der Waals surface area contributed by atoms with Crippen LogP contribution in [0.5, 0.6) is 0 Å². The SMILES string of the molecule is O=C(Nc1cc(-c2nnc3n2CCCCC3)ccc1F)c1ccc(F)cc1Br. The van der Waals surface area contributed by atoms with Crippen molar-refractivity contribution in [2.24, 2.45) is 0 Å². The lowest BCUT2D eigenvalue weighted by atomic mass is 10.1. The summed E-state index contributed by atoms with van der Waals surface area (Å²) in [4.78, 5) is 12.5. The number of hydrogen-bond donors (Lipinski definition) is 1. The molecule has 4 rings (SSSR count). The number of benzene rings is 2. The molecule has 28 heavy (non-hydrogen) atoms. The molecule has 1 aromatic heterocycles. The van der Waals surface area contributed by atoms with Crippen molar-refractivity contribution >= 4 is 27.5 Å². The molecule has 5 nitrogen and oxygen atoms in total. The molecule has 0 saturated carbocycles. The molecule has 1 aliphatic rings. The highest BCUT2D eigenvalue weighted by atomic mass is 79.9. The number of fused-ring (bicyclic) bond motifs is 1. The quantitative estimate of drug-likeness (QED) is 0.617. The van der Waals surface area contributed by atoms with Crippen LogP contribution in [-0.4, -0.2) is 20.7 Å². The predicted molar refractivity (Wildman–Crippen MR) is 105 cm³/mol. The maximum atomic E-state index is 14.3. The van der Waals surface area contributed by atoms with Crippen LogP contribution in [0.1, 0.15) is 35.4 Å². The van der Waals surface area contributed by atoms with E-state index in [1.165, 1.54) is 24.3 Å². The lowest BCUT2D eigenvalue weighted by Crippen LogP contribution is -2.14. The number of anilines is 1. The van der Waals surface area contributed by atoms with Gasteiger partial charge in [0.2, 0.25) is 0 Å². The van der Waals surface area contributed by atoms with E-state index in [1.54, 1.807) is 12.1 Å². The van der Waals surface area contributed by atoms with Gasteiger partial charge in [-0.05, 0) is 65.2 Å². The number of rotatable bonds is 3. The number of hydrogen-bond acceptors (Lipinski definition) is 3. The summed E-state index contributed by atoms with van der Waals surface area (Å²) < 4.78 is 29.9. The molecule has 0 radical (unpaired) electrons. The van der Waals surface area contributed by atoms with Crippen molar-refractivity contribution in [3.63, 3.8) is 0 Å². The van der Waals surface area contributed by atoms with Gasteiger partial charge < -0.3 is 9.88 Å². The molecule has 0 bridgehead atoms. The van der Waals surface area contributed by atoms with E-state index in [4.69, 9.17) is 0 Å². The number of nitrogens with one attached hydrogen (secondary N) is 1. The monoisotopic (exact) mass is 446 g/mol. The van der Waals surface area contributed by atoms with Gasteiger partial charge in [-0.15, -0.1) is 10.2 Å². The highest BCUT2D eigenvalue weighted by molar-refractivity contribution is 9.10. The molecule has 3 aromatic rings. The smallest absolute Gasteiger partial charge is 0.256 e. The molecule has 2 aromatic carbocycles. The van der Waals surface area contributed by atoms with Gasteiger partial charge in [0.05, 0.1) is 11.3 Å². The zero-order chi connectivity index (χ0) is 19.7. The Balaban J connectivity index is 1.65. The molecule has 144 valence electrons. The van der Waals surface area contributed by atoms with E-state index in [-0.39, 0.29) is 11.3 Å². The average Bonchev–Trinajstić information content (AvgIpc) is 2.91. The van der Waals surface area contributed by atoms with Gasteiger partial charge in [-0.2, -0.15) is 0 Å². The van der Waals surface area contributed by atoms with Gasteiger partial charge in [-0.25, -0.2) is 8.78 Å². The number of carbonyl (C=O) groups is 1. The van der Waals surface area contributed by atoms with Crippen LogP contribution < -0.4 is 5.32 Å². The van der Waals surface area contributed by atoms with Gasteiger partial charge >= 0.3 is 0 Å². The fraction of sp³-hybridized carbons (Fsp3) is 0.250. The zero-order valence-electron chi connectivity index (χ0n) is 14.9. The van der Waals surface area contributed by atoms with E-state index in [1.807, 2.05) is 0 Å². The van der Waals surface area contributed by atoms with Crippen LogP contribution in [0.3, 0.4) is 0 Å². The first kappa shape index (κ1) is 18.7. The third-order valence-corrected chi connectivity index (χ3v) is 5.41. The van der Waals surface area contributed by atoms with Crippen LogP contribution in [0.2, 0.25) is 0 Å². The molecule has 8 heteroatoms. The predicted octanol–water partition coefficient (Wildman–Crippen LogP) is 4.96. The highest BCUT2D eigenvalue weighted by Gasteiger charge is 2.18. The van der Waals surface area contributed by atoms with E-state index >= 15 is 0 Å². The Hall–Kier alpha value is -2.61. The summed E-state index contributed by atoms with van der Waals surface area (Å²) in [6.45, 7) is 0.819. The van der Waals surface area contributed by atoms with Gasteiger partial charge in [-0.1, -0.05) is 6.42 Å². The fourth-order valence-corrected chi connectivity index (χ4v) is 3.85. The van der Waals surface area contributed by atoms with Gasteiger partial charge in [0.25, 0.3) is 5.91 Å². The third-order valence-electron chi connectivity index (χ3n) is 4.76. The normalized spacial score (nSPS) is 13.7. The largest absolute Gasteiger partial charge is 0.319 e. The van der Waals surface area contributed by atoms with Crippen LogP contribution in [0.4, 0.5) is 14.5 Å². The molecule has 1 N–H and O–H groups in total. The van der Waals surface area contributed by atoms with Crippen molar-refractivity contribution < 1.29 is 13.6 Å². The summed E-state index contributed by atoms with van der Waals surface area (Å²) in [5, 5.41) is 11.1. The summed E-state index contributed by atoms with van der Waals surface area (Å²) in [7, 11) is 0.